The topological polar surface area (TPSA) is 74.0 Å². The van der Waals surface area contributed by atoms with Gasteiger partial charge in [0.05, 0.1) is 6.04 Å². The molecule has 1 aromatic carbocycles. The average molecular weight is 339 g/mol. The molecule has 5 nitrogen and oxygen atoms in total. The number of anilines is 1. The fourth-order valence-corrected chi connectivity index (χ4v) is 3.25. The van der Waals surface area contributed by atoms with E-state index in [1.807, 2.05) is 13.8 Å². The van der Waals surface area contributed by atoms with Gasteiger partial charge in [0.25, 0.3) is 11.5 Å². The highest BCUT2D eigenvalue weighted by atomic mass is 16.2. The molecule has 5 heteroatoms. The van der Waals surface area contributed by atoms with E-state index < -0.39 is 0 Å². The number of hydrogen-bond acceptors (Lipinski definition) is 3. The van der Waals surface area contributed by atoms with E-state index in [-0.39, 0.29) is 29.1 Å². The predicted octanol–water partition coefficient (Wildman–Crippen LogP) is 3.31. The second-order valence-electron chi connectivity index (χ2n) is 7.03. The van der Waals surface area contributed by atoms with Crippen molar-refractivity contribution in [2.24, 2.45) is 0 Å². The minimum absolute atomic E-state index is 0.00980. The van der Waals surface area contributed by atoms with Crippen molar-refractivity contribution < 1.29 is 4.79 Å². The standard InChI is InChI=1S/C20H25N3O2/c1-12(2)21-19(24)16-11-15-17(5-4-6-18(15)23-20(16)25)22-14-9-7-13(3)8-10-14/h7-12,17,22H,4-6H2,1-3H3,(H,21,24)(H,23,25). The number of aromatic nitrogens is 1. The molecule has 1 amide bonds. The van der Waals surface area contributed by atoms with Crippen molar-refractivity contribution in [1.82, 2.24) is 10.3 Å². The van der Waals surface area contributed by atoms with Crippen LogP contribution < -0.4 is 16.2 Å². The maximum absolute atomic E-state index is 12.3. The van der Waals surface area contributed by atoms with E-state index in [0.29, 0.717) is 0 Å². The maximum atomic E-state index is 12.3. The van der Waals surface area contributed by atoms with Crippen LogP contribution in [0.2, 0.25) is 0 Å². The summed E-state index contributed by atoms with van der Waals surface area (Å²) in [5.74, 6) is -0.321. The zero-order valence-electron chi connectivity index (χ0n) is 15.0. The number of pyridine rings is 1. The Bertz CT molecular complexity index is 822. The number of hydrogen-bond donors (Lipinski definition) is 3. The number of carbonyl (C=O) groups is 1. The highest BCUT2D eigenvalue weighted by Crippen LogP contribution is 2.31. The molecule has 0 radical (unpaired) electrons. The molecule has 0 aliphatic heterocycles. The fraction of sp³-hybridized carbons (Fsp3) is 0.400. The highest BCUT2D eigenvalue weighted by Gasteiger charge is 2.24. The van der Waals surface area contributed by atoms with Gasteiger partial charge in [0.1, 0.15) is 5.56 Å². The van der Waals surface area contributed by atoms with Crippen molar-refractivity contribution in [3.05, 3.63) is 63.1 Å². The second-order valence-corrected chi connectivity index (χ2v) is 7.03. The number of carbonyl (C=O) groups excluding carboxylic acids is 1. The molecule has 1 unspecified atom stereocenters. The van der Waals surface area contributed by atoms with E-state index >= 15 is 0 Å². The summed E-state index contributed by atoms with van der Waals surface area (Å²) in [6, 6.07) is 10.1. The lowest BCUT2D eigenvalue weighted by Gasteiger charge is -2.27. The Balaban J connectivity index is 1.92. The van der Waals surface area contributed by atoms with Crippen molar-refractivity contribution >= 4 is 11.6 Å². The van der Waals surface area contributed by atoms with Crippen LogP contribution in [0.4, 0.5) is 5.69 Å². The van der Waals surface area contributed by atoms with Crippen LogP contribution >= 0.6 is 0 Å². The van der Waals surface area contributed by atoms with Crippen molar-refractivity contribution in [1.29, 1.82) is 0 Å². The van der Waals surface area contributed by atoms with Gasteiger partial charge in [0.2, 0.25) is 0 Å². The Morgan fingerprint density at radius 1 is 1.24 bits per heavy atom. The first kappa shape index (κ1) is 17.3. The number of fused-ring (bicyclic) bond motifs is 1. The zero-order valence-corrected chi connectivity index (χ0v) is 15.0. The Kier molecular flexibility index (Phi) is 4.93. The molecular weight excluding hydrogens is 314 g/mol. The average Bonchev–Trinajstić information content (AvgIpc) is 2.56. The van der Waals surface area contributed by atoms with E-state index in [4.69, 9.17) is 0 Å². The van der Waals surface area contributed by atoms with Crippen LogP contribution in [0, 0.1) is 6.92 Å². The SMILES string of the molecule is Cc1ccc(NC2CCCc3[nH]c(=O)c(C(=O)NC(C)C)cc32)cc1. The van der Waals surface area contributed by atoms with Gasteiger partial charge in [-0.15, -0.1) is 0 Å². The fourth-order valence-electron chi connectivity index (χ4n) is 3.25. The first-order valence-corrected chi connectivity index (χ1v) is 8.84. The molecule has 25 heavy (non-hydrogen) atoms. The van der Waals surface area contributed by atoms with Crippen molar-refractivity contribution in [2.75, 3.05) is 5.32 Å². The lowest BCUT2D eigenvalue weighted by molar-refractivity contribution is 0.0941. The van der Waals surface area contributed by atoms with Gasteiger partial charge >= 0.3 is 0 Å². The number of benzene rings is 1. The van der Waals surface area contributed by atoms with E-state index in [2.05, 4.69) is 46.8 Å². The number of aryl methyl sites for hydroxylation is 2. The highest BCUT2D eigenvalue weighted by molar-refractivity contribution is 5.94. The summed E-state index contributed by atoms with van der Waals surface area (Å²) in [5, 5.41) is 6.33. The summed E-state index contributed by atoms with van der Waals surface area (Å²) < 4.78 is 0. The van der Waals surface area contributed by atoms with E-state index in [1.165, 1.54) is 5.56 Å². The van der Waals surface area contributed by atoms with Crippen molar-refractivity contribution in [3.8, 4) is 0 Å². The number of nitrogens with one attached hydrogen (secondary N) is 3. The Hall–Kier alpha value is -2.56. The van der Waals surface area contributed by atoms with Crippen LogP contribution in [0.15, 0.2) is 35.1 Å². The zero-order chi connectivity index (χ0) is 18.0. The van der Waals surface area contributed by atoms with Gasteiger partial charge in [-0.05, 0) is 63.8 Å². The molecule has 3 rings (SSSR count). The second kappa shape index (κ2) is 7.13. The van der Waals surface area contributed by atoms with Gasteiger partial charge in [-0.2, -0.15) is 0 Å². The third-order valence-corrected chi connectivity index (χ3v) is 4.51. The lowest BCUT2D eigenvalue weighted by atomic mass is 9.90. The van der Waals surface area contributed by atoms with Gasteiger partial charge in [0, 0.05) is 17.4 Å². The van der Waals surface area contributed by atoms with Crippen molar-refractivity contribution in [2.45, 2.75) is 52.1 Å². The van der Waals surface area contributed by atoms with Gasteiger partial charge in [-0.1, -0.05) is 17.7 Å². The van der Waals surface area contributed by atoms with Crippen LogP contribution in [0.25, 0.3) is 0 Å². The maximum Gasteiger partial charge on any atom is 0.261 e. The molecule has 0 spiro atoms. The third-order valence-electron chi connectivity index (χ3n) is 4.51. The molecule has 132 valence electrons. The van der Waals surface area contributed by atoms with E-state index in [1.54, 1.807) is 6.07 Å². The van der Waals surface area contributed by atoms with Crippen molar-refractivity contribution in [3.63, 3.8) is 0 Å². The Morgan fingerprint density at radius 3 is 2.64 bits per heavy atom. The Labute approximate surface area is 147 Å². The molecule has 0 fully saturated rings. The summed E-state index contributed by atoms with van der Waals surface area (Å²) in [6.07, 6.45) is 2.81. The molecule has 3 N–H and O–H groups in total. The van der Waals surface area contributed by atoms with Crippen LogP contribution in [-0.2, 0) is 6.42 Å². The minimum Gasteiger partial charge on any atom is -0.378 e. The van der Waals surface area contributed by atoms with E-state index in [9.17, 15) is 9.59 Å². The summed E-state index contributed by atoms with van der Waals surface area (Å²) >= 11 is 0. The first-order valence-electron chi connectivity index (χ1n) is 8.84. The first-order chi connectivity index (χ1) is 11.9. The quantitative estimate of drug-likeness (QED) is 0.800. The van der Waals surface area contributed by atoms with Crippen LogP contribution in [0.3, 0.4) is 0 Å². The number of H-pyrrole nitrogens is 1. The molecular formula is C20H25N3O2. The summed E-state index contributed by atoms with van der Waals surface area (Å²) in [5.41, 5.74) is 4.08. The molecule has 0 bridgehead atoms. The minimum atomic E-state index is -0.321. The molecule has 0 saturated carbocycles. The molecule has 1 atom stereocenters. The molecule has 1 aromatic heterocycles. The molecule has 1 aliphatic rings. The van der Waals surface area contributed by atoms with Gasteiger partial charge in [-0.25, -0.2) is 0 Å². The van der Waals surface area contributed by atoms with Gasteiger partial charge < -0.3 is 15.6 Å². The smallest absolute Gasteiger partial charge is 0.261 e. The third kappa shape index (κ3) is 3.92. The number of aromatic amines is 1. The summed E-state index contributed by atoms with van der Waals surface area (Å²) in [6.45, 7) is 5.82. The monoisotopic (exact) mass is 339 g/mol. The molecule has 0 saturated heterocycles. The summed E-state index contributed by atoms with van der Waals surface area (Å²) in [4.78, 5) is 27.5. The van der Waals surface area contributed by atoms with Crippen LogP contribution in [0.5, 0.6) is 0 Å². The molecule has 2 aromatic rings. The van der Waals surface area contributed by atoms with Crippen LogP contribution in [0.1, 0.15) is 59.9 Å². The largest absolute Gasteiger partial charge is 0.378 e. The van der Waals surface area contributed by atoms with E-state index in [0.717, 1.165) is 36.2 Å². The molecule has 1 heterocycles. The molecule has 1 aliphatic carbocycles. The van der Waals surface area contributed by atoms with Gasteiger partial charge in [-0.3, -0.25) is 9.59 Å². The number of amides is 1. The van der Waals surface area contributed by atoms with Gasteiger partial charge in [0.15, 0.2) is 0 Å². The lowest BCUT2D eigenvalue weighted by Crippen LogP contribution is -2.35. The Morgan fingerprint density at radius 2 is 1.96 bits per heavy atom. The predicted molar refractivity (Wildman–Crippen MR) is 100 cm³/mol. The summed E-state index contributed by atoms with van der Waals surface area (Å²) in [7, 11) is 0. The normalized spacial score (nSPS) is 16.4. The van der Waals surface area contributed by atoms with Crippen LogP contribution in [-0.4, -0.2) is 16.9 Å². The number of rotatable bonds is 4.